The minimum atomic E-state index is -0.464. The Morgan fingerprint density at radius 3 is 2.53 bits per heavy atom. The first kappa shape index (κ1) is 16.0. The van der Waals surface area contributed by atoms with Gasteiger partial charge in [-0.3, -0.25) is 0 Å². The highest BCUT2D eigenvalue weighted by atomic mass is 79.9. The zero-order valence-corrected chi connectivity index (χ0v) is 13.9. The van der Waals surface area contributed by atoms with Gasteiger partial charge in [0.2, 0.25) is 0 Å². The Labute approximate surface area is 124 Å². The summed E-state index contributed by atoms with van der Waals surface area (Å²) in [6, 6.07) is 6.13. The Bertz CT molecular complexity index is 452. The van der Waals surface area contributed by atoms with Gasteiger partial charge in [-0.15, -0.1) is 0 Å². The van der Waals surface area contributed by atoms with E-state index in [4.69, 9.17) is 4.74 Å². The molecule has 0 bridgehead atoms. The van der Waals surface area contributed by atoms with Crippen LogP contribution in [-0.4, -0.2) is 23.1 Å². The summed E-state index contributed by atoms with van der Waals surface area (Å²) in [4.78, 5) is 13.8. The monoisotopic (exact) mass is 327 g/mol. The lowest BCUT2D eigenvalue weighted by Crippen LogP contribution is -2.36. The quantitative estimate of drug-likeness (QED) is 0.817. The predicted molar refractivity (Wildman–Crippen MR) is 81.2 cm³/mol. The molecule has 0 fully saturated rings. The van der Waals surface area contributed by atoms with E-state index in [9.17, 15) is 4.79 Å². The molecule has 3 nitrogen and oxygen atoms in total. The summed E-state index contributed by atoms with van der Waals surface area (Å²) in [5, 5.41) is 0. The van der Waals surface area contributed by atoms with Gasteiger partial charge in [-0.25, -0.2) is 4.79 Å². The van der Waals surface area contributed by atoms with Gasteiger partial charge in [0, 0.05) is 11.0 Å². The molecule has 0 aromatic heterocycles. The minimum absolute atomic E-state index is 0.275. The van der Waals surface area contributed by atoms with Crippen molar-refractivity contribution in [1.82, 2.24) is 4.90 Å². The van der Waals surface area contributed by atoms with Crippen LogP contribution in [0.1, 0.15) is 38.8 Å². The molecule has 1 amide bonds. The molecule has 0 unspecified atom stereocenters. The predicted octanol–water partition coefficient (Wildman–Crippen LogP) is 4.51. The highest BCUT2D eigenvalue weighted by molar-refractivity contribution is 9.10. The fraction of sp³-hybridized carbons (Fsp3) is 0.533. The van der Waals surface area contributed by atoms with Crippen LogP contribution in [0.5, 0.6) is 0 Å². The van der Waals surface area contributed by atoms with Crippen LogP contribution < -0.4 is 0 Å². The Hall–Kier alpha value is -1.03. The molecular formula is C15H22BrNO2. The summed E-state index contributed by atoms with van der Waals surface area (Å²) in [5.41, 5.74) is 1.81. The van der Waals surface area contributed by atoms with Gasteiger partial charge in [-0.1, -0.05) is 33.6 Å². The lowest BCUT2D eigenvalue weighted by Gasteiger charge is -2.27. The van der Waals surface area contributed by atoms with Gasteiger partial charge in [0.1, 0.15) is 5.60 Å². The van der Waals surface area contributed by atoms with Gasteiger partial charge in [0.25, 0.3) is 0 Å². The third-order valence-electron chi connectivity index (χ3n) is 2.60. The number of nitrogens with zero attached hydrogens (tertiary/aromatic N) is 1. The number of hydrogen-bond donors (Lipinski definition) is 0. The number of benzene rings is 1. The molecule has 1 rings (SSSR count). The van der Waals surface area contributed by atoms with Crippen molar-refractivity contribution in [3.05, 3.63) is 33.8 Å². The second-order valence-corrected chi connectivity index (χ2v) is 6.44. The molecule has 0 atom stereocenters. The third-order valence-corrected chi connectivity index (χ3v) is 3.37. The van der Waals surface area contributed by atoms with Crippen molar-refractivity contribution in [3.8, 4) is 0 Å². The highest BCUT2D eigenvalue weighted by Gasteiger charge is 2.21. The highest BCUT2D eigenvalue weighted by Crippen LogP contribution is 2.21. The van der Waals surface area contributed by atoms with Crippen LogP contribution in [0.3, 0.4) is 0 Å². The van der Waals surface area contributed by atoms with E-state index < -0.39 is 5.60 Å². The smallest absolute Gasteiger partial charge is 0.410 e. The average molecular weight is 328 g/mol. The summed E-state index contributed by atoms with van der Waals surface area (Å²) >= 11 is 3.52. The van der Waals surface area contributed by atoms with Crippen molar-refractivity contribution in [2.24, 2.45) is 0 Å². The number of aryl methyl sites for hydroxylation is 1. The third kappa shape index (κ3) is 5.23. The molecule has 0 spiro atoms. The fourth-order valence-corrected chi connectivity index (χ4v) is 2.03. The number of rotatable bonds is 3. The van der Waals surface area contributed by atoms with Crippen LogP contribution in [0.25, 0.3) is 0 Å². The van der Waals surface area contributed by atoms with Gasteiger partial charge >= 0.3 is 6.09 Å². The topological polar surface area (TPSA) is 29.5 Å². The van der Waals surface area contributed by atoms with Gasteiger partial charge in [-0.05, 0) is 46.2 Å². The van der Waals surface area contributed by atoms with Crippen molar-refractivity contribution in [3.63, 3.8) is 0 Å². The molecule has 0 aliphatic rings. The van der Waals surface area contributed by atoms with Crippen molar-refractivity contribution in [1.29, 1.82) is 0 Å². The van der Waals surface area contributed by atoms with Crippen molar-refractivity contribution >= 4 is 22.0 Å². The van der Waals surface area contributed by atoms with Crippen LogP contribution in [0.15, 0.2) is 22.7 Å². The zero-order chi connectivity index (χ0) is 14.6. The van der Waals surface area contributed by atoms with Crippen LogP contribution in [0.4, 0.5) is 4.79 Å². The van der Waals surface area contributed by atoms with E-state index >= 15 is 0 Å². The maximum atomic E-state index is 12.1. The Balaban J connectivity index is 2.82. The lowest BCUT2D eigenvalue weighted by atomic mass is 10.1. The second kappa shape index (κ2) is 6.42. The maximum absolute atomic E-state index is 12.1. The van der Waals surface area contributed by atoms with Crippen LogP contribution >= 0.6 is 15.9 Å². The van der Waals surface area contributed by atoms with E-state index in [1.165, 1.54) is 5.56 Å². The van der Waals surface area contributed by atoms with Crippen LogP contribution in [0, 0.1) is 6.92 Å². The van der Waals surface area contributed by atoms with Crippen LogP contribution in [-0.2, 0) is 11.3 Å². The van der Waals surface area contributed by atoms with Gasteiger partial charge in [0.15, 0.2) is 0 Å². The summed E-state index contributed by atoms with van der Waals surface area (Å²) in [5.74, 6) is 0. The van der Waals surface area contributed by atoms with E-state index in [0.717, 1.165) is 10.0 Å². The summed E-state index contributed by atoms with van der Waals surface area (Å²) in [7, 11) is 0. The fourth-order valence-electron chi connectivity index (χ4n) is 1.66. The molecule has 4 heteroatoms. The van der Waals surface area contributed by atoms with E-state index in [1.807, 2.05) is 46.8 Å². The average Bonchev–Trinajstić information content (AvgIpc) is 2.27. The summed E-state index contributed by atoms with van der Waals surface area (Å²) in [6.45, 7) is 10.8. The van der Waals surface area contributed by atoms with Crippen molar-refractivity contribution < 1.29 is 9.53 Å². The SMILES string of the molecule is CCN(Cc1cc(C)ccc1Br)C(=O)OC(C)(C)C. The number of halogens is 1. The molecule has 106 valence electrons. The van der Waals surface area contributed by atoms with Gasteiger partial charge in [-0.2, -0.15) is 0 Å². The van der Waals surface area contributed by atoms with Gasteiger partial charge < -0.3 is 9.64 Å². The maximum Gasteiger partial charge on any atom is 0.410 e. The van der Waals surface area contributed by atoms with Crippen molar-refractivity contribution in [2.75, 3.05) is 6.54 Å². The first-order valence-electron chi connectivity index (χ1n) is 6.46. The van der Waals surface area contributed by atoms with E-state index in [-0.39, 0.29) is 6.09 Å². The zero-order valence-electron chi connectivity index (χ0n) is 12.3. The number of hydrogen-bond acceptors (Lipinski definition) is 2. The normalized spacial score (nSPS) is 11.3. The molecule has 1 aromatic rings. The molecule has 0 aliphatic carbocycles. The number of ether oxygens (including phenoxy) is 1. The Kier molecular flexibility index (Phi) is 5.41. The molecule has 0 saturated carbocycles. The molecule has 0 radical (unpaired) electrons. The largest absolute Gasteiger partial charge is 0.444 e. The molecule has 0 saturated heterocycles. The summed E-state index contributed by atoms with van der Waals surface area (Å²) < 4.78 is 6.42. The van der Waals surface area contributed by atoms with E-state index in [2.05, 4.69) is 22.0 Å². The standard InChI is InChI=1S/C15H22BrNO2/c1-6-17(14(18)19-15(3,4)5)10-12-9-11(2)7-8-13(12)16/h7-9H,6,10H2,1-5H3. The first-order valence-corrected chi connectivity index (χ1v) is 7.25. The van der Waals surface area contributed by atoms with Crippen LogP contribution in [0.2, 0.25) is 0 Å². The molecule has 1 aromatic carbocycles. The Morgan fingerprint density at radius 1 is 1.37 bits per heavy atom. The Morgan fingerprint density at radius 2 is 2.00 bits per heavy atom. The first-order chi connectivity index (χ1) is 8.73. The number of carbonyl (C=O) groups is 1. The van der Waals surface area contributed by atoms with Crippen molar-refractivity contribution in [2.45, 2.75) is 46.8 Å². The van der Waals surface area contributed by atoms with E-state index in [0.29, 0.717) is 13.1 Å². The molecule has 19 heavy (non-hydrogen) atoms. The second-order valence-electron chi connectivity index (χ2n) is 5.59. The van der Waals surface area contributed by atoms with Gasteiger partial charge in [0.05, 0.1) is 6.54 Å². The molecule has 0 heterocycles. The number of carbonyl (C=O) groups excluding carboxylic acids is 1. The number of amides is 1. The van der Waals surface area contributed by atoms with E-state index in [1.54, 1.807) is 4.90 Å². The molecule has 0 N–H and O–H groups in total. The minimum Gasteiger partial charge on any atom is -0.444 e. The molecule has 0 aliphatic heterocycles. The molecular weight excluding hydrogens is 306 g/mol. The summed E-state index contributed by atoms with van der Waals surface area (Å²) in [6.07, 6.45) is -0.275. The lowest BCUT2D eigenvalue weighted by molar-refractivity contribution is 0.0244.